The predicted molar refractivity (Wildman–Crippen MR) is 51.4 cm³/mol. The third kappa shape index (κ3) is 2.21. The average Bonchev–Trinajstić information content (AvgIpc) is 2.75. The molecule has 0 amide bonds. The minimum atomic E-state index is -2.82. The fourth-order valence-corrected chi connectivity index (χ4v) is 3.31. The van der Waals surface area contributed by atoms with Crippen molar-refractivity contribution < 1.29 is 8.42 Å². The second kappa shape index (κ2) is 2.97. The van der Waals surface area contributed by atoms with Crippen molar-refractivity contribution >= 4 is 15.7 Å². The summed E-state index contributed by atoms with van der Waals surface area (Å²) in [4.78, 5) is 4.27. The normalized spacial score (nSPS) is 33.5. The van der Waals surface area contributed by atoms with E-state index in [1.165, 1.54) is 0 Å². The van der Waals surface area contributed by atoms with Gasteiger partial charge in [-0.1, -0.05) is 0 Å². The minimum absolute atomic E-state index is 0.00870. The summed E-state index contributed by atoms with van der Waals surface area (Å²) in [6, 6.07) is 0.392. The molecule has 13 heavy (non-hydrogen) atoms. The van der Waals surface area contributed by atoms with Crippen molar-refractivity contribution in [1.82, 2.24) is 0 Å². The van der Waals surface area contributed by atoms with E-state index < -0.39 is 9.84 Å². The van der Waals surface area contributed by atoms with Crippen molar-refractivity contribution in [3.63, 3.8) is 0 Å². The maximum atomic E-state index is 11.1. The maximum Gasteiger partial charge on any atom is 0.151 e. The van der Waals surface area contributed by atoms with Crippen molar-refractivity contribution in [2.75, 3.05) is 11.5 Å². The molecule has 0 spiro atoms. The summed E-state index contributed by atoms with van der Waals surface area (Å²) < 4.78 is 22.3. The zero-order valence-electron chi connectivity index (χ0n) is 7.44. The van der Waals surface area contributed by atoms with Gasteiger partial charge in [-0.15, -0.1) is 0 Å². The molecule has 2 rings (SSSR count). The van der Waals surface area contributed by atoms with Crippen LogP contribution in [0.3, 0.4) is 0 Å². The van der Waals surface area contributed by atoms with Crippen molar-refractivity contribution in [3.8, 4) is 0 Å². The molecule has 0 aromatic heterocycles. The van der Waals surface area contributed by atoms with Gasteiger partial charge in [0.2, 0.25) is 0 Å². The van der Waals surface area contributed by atoms with Crippen LogP contribution >= 0.6 is 0 Å². The third-order valence-electron chi connectivity index (χ3n) is 2.53. The van der Waals surface area contributed by atoms with E-state index in [1.807, 2.05) is 0 Å². The number of hydrogen-bond acceptors (Lipinski definition) is 3. The monoisotopic (exact) mass is 202 g/mol. The first-order chi connectivity index (χ1) is 6.07. The van der Waals surface area contributed by atoms with E-state index in [1.54, 1.807) is 0 Å². The zero-order chi connectivity index (χ0) is 9.47. The lowest BCUT2D eigenvalue weighted by Gasteiger charge is -2.05. The Kier molecular flexibility index (Phi) is 2.06. The number of aliphatic imine (C=N–C) groups is 1. The van der Waals surface area contributed by atoms with Gasteiger partial charge >= 0.3 is 0 Å². The van der Waals surface area contributed by atoms with Gasteiger partial charge in [-0.3, -0.25) is 4.99 Å². The van der Waals surface area contributed by atoms with Crippen LogP contribution in [0.4, 0.5) is 0 Å². The smallest absolute Gasteiger partial charge is 0.151 e. The van der Waals surface area contributed by atoms with Crippen LogP contribution < -0.4 is 5.73 Å². The molecule has 0 aromatic rings. The molecule has 5 heteroatoms. The Balaban J connectivity index is 2.02. The lowest BCUT2D eigenvalue weighted by atomic mass is 10.1. The largest absolute Gasteiger partial charge is 0.387 e. The molecule has 2 N–H and O–H groups in total. The molecule has 1 aliphatic carbocycles. The quantitative estimate of drug-likeness (QED) is 0.503. The number of hydrogen-bond donors (Lipinski definition) is 1. The number of sulfone groups is 1. The Morgan fingerprint density at radius 1 is 1.31 bits per heavy atom. The lowest BCUT2D eigenvalue weighted by Crippen LogP contribution is -2.25. The van der Waals surface area contributed by atoms with Crippen molar-refractivity contribution in [2.24, 2.45) is 16.6 Å². The van der Waals surface area contributed by atoms with Gasteiger partial charge in [0.15, 0.2) is 9.84 Å². The predicted octanol–water partition coefficient (Wildman–Crippen LogP) is -0.0593. The Morgan fingerprint density at radius 2 is 2.00 bits per heavy atom. The molecule has 0 aromatic carbocycles. The van der Waals surface area contributed by atoms with E-state index >= 15 is 0 Å². The summed E-state index contributed by atoms with van der Waals surface area (Å²) in [6.45, 7) is 0. The van der Waals surface area contributed by atoms with Crippen LogP contribution in [-0.2, 0) is 9.84 Å². The van der Waals surface area contributed by atoms with Crippen LogP contribution in [0.1, 0.15) is 19.3 Å². The third-order valence-corrected chi connectivity index (χ3v) is 4.30. The average molecular weight is 202 g/mol. The highest BCUT2D eigenvalue weighted by molar-refractivity contribution is 7.91. The van der Waals surface area contributed by atoms with Crippen molar-refractivity contribution in [3.05, 3.63) is 0 Å². The maximum absolute atomic E-state index is 11.1. The molecule has 0 radical (unpaired) electrons. The first kappa shape index (κ1) is 8.99. The van der Waals surface area contributed by atoms with Gasteiger partial charge in [0.05, 0.1) is 23.4 Å². The van der Waals surface area contributed by atoms with Gasteiger partial charge in [0.25, 0.3) is 0 Å². The topological polar surface area (TPSA) is 72.5 Å². The van der Waals surface area contributed by atoms with Gasteiger partial charge in [-0.2, -0.15) is 0 Å². The summed E-state index contributed by atoms with van der Waals surface area (Å²) in [6.07, 6.45) is 2.88. The summed E-state index contributed by atoms with van der Waals surface area (Å²) >= 11 is 0. The van der Waals surface area contributed by atoms with Crippen LogP contribution in [0.25, 0.3) is 0 Å². The van der Waals surface area contributed by atoms with E-state index in [0.717, 1.165) is 12.8 Å². The molecule has 2 fully saturated rings. The molecule has 0 bridgehead atoms. The van der Waals surface area contributed by atoms with E-state index in [0.29, 0.717) is 18.3 Å². The molecule has 1 atom stereocenters. The van der Waals surface area contributed by atoms with E-state index in [9.17, 15) is 8.42 Å². The Labute approximate surface area is 78.1 Å². The zero-order valence-corrected chi connectivity index (χ0v) is 8.26. The second-order valence-corrected chi connectivity index (χ2v) is 6.11. The summed E-state index contributed by atoms with van der Waals surface area (Å²) in [5.74, 6) is 1.03. The molecular weight excluding hydrogens is 188 g/mol. The van der Waals surface area contributed by atoms with Crippen molar-refractivity contribution in [1.29, 1.82) is 0 Å². The van der Waals surface area contributed by atoms with E-state index in [2.05, 4.69) is 4.99 Å². The molecule has 4 nitrogen and oxygen atoms in total. The summed E-state index contributed by atoms with van der Waals surface area (Å²) in [5, 5.41) is 0. The number of rotatable bonds is 2. The number of nitrogens with two attached hydrogens (primary N) is 1. The van der Waals surface area contributed by atoms with Crippen LogP contribution in [0, 0.1) is 5.92 Å². The Morgan fingerprint density at radius 3 is 2.46 bits per heavy atom. The highest BCUT2D eigenvalue weighted by Gasteiger charge is 2.31. The van der Waals surface area contributed by atoms with Gasteiger partial charge in [0, 0.05) is 5.92 Å². The lowest BCUT2D eigenvalue weighted by molar-refractivity contribution is 0.601. The molecule has 2 aliphatic rings. The van der Waals surface area contributed by atoms with Gasteiger partial charge in [-0.25, -0.2) is 8.42 Å². The highest BCUT2D eigenvalue weighted by atomic mass is 32.2. The first-order valence-electron chi connectivity index (χ1n) is 4.60. The standard InChI is InChI=1S/C8H14N2O2S/c9-8(10-7-1-2-7)6-3-4-13(11,12)5-6/h6-7H,1-5H2,(H2,9,10). The summed E-state index contributed by atoms with van der Waals surface area (Å²) in [5.41, 5.74) is 5.73. The Bertz CT molecular complexity index is 330. The van der Waals surface area contributed by atoms with Crippen LogP contribution in [0.2, 0.25) is 0 Å². The van der Waals surface area contributed by atoms with E-state index in [4.69, 9.17) is 5.73 Å². The van der Waals surface area contributed by atoms with Crippen LogP contribution in [0.15, 0.2) is 4.99 Å². The van der Waals surface area contributed by atoms with Crippen molar-refractivity contribution in [2.45, 2.75) is 25.3 Å². The molecule has 1 saturated heterocycles. The number of nitrogens with zero attached hydrogens (tertiary/aromatic N) is 1. The van der Waals surface area contributed by atoms with Gasteiger partial charge in [-0.05, 0) is 19.3 Å². The molecule has 74 valence electrons. The van der Waals surface area contributed by atoms with Gasteiger partial charge in [0.1, 0.15) is 0 Å². The first-order valence-corrected chi connectivity index (χ1v) is 6.42. The highest BCUT2D eigenvalue weighted by Crippen LogP contribution is 2.25. The second-order valence-electron chi connectivity index (χ2n) is 3.89. The molecule has 1 unspecified atom stereocenters. The molecule has 1 aliphatic heterocycles. The van der Waals surface area contributed by atoms with Gasteiger partial charge < -0.3 is 5.73 Å². The fourth-order valence-electron chi connectivity index (χ4n) is 1.55. The van der Waals surface area contributed by atoms with Crippen LogP contribution in [0.5, 0.6) is 0 Å². The SMILES string of the molecule is NC(=NC1CC1)C1CCS(=O)(=O)C1. The minimum Gasteiger partial charge on any atom is -0.387 e. The Hall–Kier alpha value is -0.580. The summed E-state index contributed by atoms with van der Waals surface area (Å²) in [7, 11) is -2.82. The number of amidine groups is 1. The molecule has 1 saturated carbocycles. The molecule has 1 heterocycles. The van der Waals surface area contributed by atoms with Crippen LogP contribution in [-0.4, -0.2) is 31.8 Å². The molecular formula is C8H14N2O2S. The fraction of sp³-hybridized carbons (Fsp3) is 0.875. The van der Waals surface area contributed by atoms with E-state index in [-0.39, 0.29) is 17.4 Å².